The van der Waals surface area contributed by atoms with E-state index in [-0.39, 0.29) is 11.9 Å². The molecule has 7 nitrogen and oxygen atoms in total. The summed E-state index contributed by atoms with van der Waals surface area (Å²) in [4.78, 5) is 8.32. The van der Waals surface area contributed by atoms with E-state index in [4.69, 9.17) is 25.7 Å². The van der Waals surface area contributed by atoms with Crippen molar-refractivity contribution >= 4 is 17.8 Å². The molecule has 4 N–H and O–H groups in total. The number of ether oxygens (including phenoxy) is 3. The van der Waals surface area contributed by atoms with Crippen LogP contribution < -0.4 is 25.7 Å². The van der Waals surface area contributed by atoms with E-state index in [1.807, 2.05) is 12.1 Å². The summed E-state index contributed by atoms with van der Waals surface area (Å²) in [7, 11) is 3.24. The number of hydrogen-bond acceptors (Lipinski definition) is 7. The summed E-state index contributed by atoms with van der Waals surface area (Å²) in [5, 5.41) is 0. The first-order chi connectivity index (χ1) is 12.6. The molecule has 2 aromatic rings. The van der Waals surface area contributed by atoms with Gasteiger partial charge in [-0.05, 0) is 36.5 Å². The van der Waals surface area contributed by atoms with Gasteiger partial charge in [0.1, 0.15) is 12.4 Å². The molecule has 0 bridgehead atoms. The second-order valence-corrected chi connectivity index (χ2v) is 6.54. The van der Waals surface area contributed by atoms with Gasteiger partial charge in [-0.3, -0.25) is 0 Å². The van der Waals surface area contributed by atoms with E-state index in [0.29, 0.717) is 35.6 Å². The molecule has 1 aliphatic heterocycles. The maximum Gasteiger partial charge on any atom is 0.221 e. The van der Waals surface area contributed by atoms with Crippen molar-refractivity contribution in [1.82, 2.24) is 9.97 Å². The van der Waals surface area contributed by atoms with Crippen LogP contribution in [0.25, 0.3) is 6.08 Å². The van der Waals surface area contributed by atoms with Crippen molar-refractivity contribution in [3.8, 4) is 17.2 Å². The summed E-state index contributed by atoms with van der Waals surface area (Å²) in [6.07, 6.45) is 8.05. The molecular formula is C19H22N4O3. The Morgan fingerprint density at radius 1 is 1.19 bits per heavy atom. The van der Waals surface area contributed by atoms with Gasteiger partial charge in [-0.1, -0.05) is 6.08 Å². The van der Waals surface area contributed by atoms with Crippen molar-refractivity contribution in [3.63, 3.8) is 0 Å². The van der Waals surface area contributed by atoms with E-state index >= 15 is 0 Å². The van der Waals surface area contributed by atoms with Crippen LogP contribution in [0.5, 0.6) is 17.2 Å². The highest BCUT2D eigenvalue weighted by Crippen LogP contribution is 2.53. The fourth-order valence-corrected chi connectivity index (χ4v) is 3.63. The van der Waals surface area contributed by atoms with E-state index in [9.17, 15) is 0 Å². The number of hydrogen-bond donors (Lipinski definition) is 2. The van der Waals surface area contributed by atoms with Crippen LogP contribution in [0.4, 0.5) is 11.8 Å². The van der Waals surface area contributed by atoms with Gasteiger partial charge >= 0.3 is 0 Å². The third kappa shape index (κ3) is 2.69. The lowest BCUT2D eigenvalue weighted by atomic mass is 9.84. The van der Waals surface area contributed by atoms with Crippen LogP contribution in [0.15, 0.2) is 18.3 Å². The van der Waals surface area contributed by atoms with Crippen molar-refractivity contribution in [1.29, 1.82) is 0 Å². The van der Waals surface area contributed by atoms with Crippen molar-refractivity contribution in [2.45, 2.75) is 18.8 Å². The predicted octanol–water partition coefficient (Wildman–Crippen LogP) is 2.61. The number of rotatable bonds is 5. The van der Waals surface area contributed by atoms with Crippen LogP contribution in [0, 0.1) is 5.92 Å². The Kier molecular flexibility index (Phi) is 4.06. The molecule has 0 amide bonds. The fraction of sp³-hybridized carbons (Fsp3) is 0.368. The van der Waals surface area contributed by atoms with Gasteiger partial charge in [0.05, 0.1) is 14.2 Å². The Labute approximate surface area is 152 Å². The molecule has 2 aliphatic rings. The minimum Gasteiger partial charge on any atom is -0.493 e. The molecule has 0 saturated heterocycles. The Hall–Kier alpha value is -2.96. The van der Waals surface area contributed by atoms with Gasteiger partial charge in [0, 0.05) is 23.2 Å². The summed E-state index contributed by atoms with van der Waals surface area (Å²) in [5.41, 5.74) is 14.8. The highest BCUT2D eigenvalue weighted by Gasteiger charge is 2.38. The zero-order chi connectivity index (χ0) is 18.3. The third-order valence-corrected chi connectivity index (χ3v) is 4.93. The molecular weight excluding hydrogens is 332 g/mol. The maximum absolute atomic E-state index is 6.19. The van der Waals surface area contributed by atoms with Crippen molar-refractivity contribution in [2.75, 3.05) is 32.3 Å². The number of methoxy groups -OCH3 is 2. The molecule has 0 spiro atoms. The van der Waals surface area contributed by atoms with Crippen LogP contribution in [0.3, 0.4) is 0 Å². The van der Waals surface area contributed by atoms with Crippen LogP contribution >= 0.6 is 0 Å². The minimum absolute atomic E-state index is 0.0514. The van der Waals surface area contributed by atoms with Gasteiger partial charge < -0.3 is 25.7 Å². The van der Waals surface area contributed by atoms with Crippen molar-refractivity contribution in [3.05, 3.63) is 35.0 Å². The molecule has 0 unspecified atom stereocenters. The normalized spacial score (nSPS) is 16.5. The van der Waals surface area contributed by atoms with E-state index in [1.165, 1.54) is 0 Å². The maximum atomic E-state index is 6.19. The lowest BCUT2D eigenvalue weighted by Crippen LogP contribution is -2.14. The average molecular weight is 354 g/mol. The molecule has 0 radical (unpaired) electrons. The topological polar surface area (TPSA) is 106 Å². The molecule has 1 atom stereocenters. The number of nitrogen functional groups attached to an aromatic ring is 2. The summed E-state index contributed by atoms with van der Waals surface area (Å²) >= 11 is 0. The molecule has 1 aliphatic carbocycles. The van der Waals surface area contributed by atoms with Crippen molar-refractivity contribution < 1.29 is 14.2 Å². The Morgan fingerprint density at radius 2 is 2.00 bits per heavy atom. The van der Waals surface area contributed by atoms with E-state index in [1.54, 1.807) is 20.4 Å². The van der Waals surface area contributed by atoms with Crippen LogP contribution in [0.1, 0.15) is 35.4 Å². The first-order valence-corrected chi connectivity index (χ1v) is 8.60. The fourth-order valence-electron chi connectivity index (χ4n) is 3.63. The van der Waals surface area contributed by atoms with Gasteiger partial charge in [0.25, 0.3) is 0 Å². The minimum atomic E-state index is 0.0514. The smallest absolute Gasteiger partial charge is 0.221 e. The van der Waals surface area contributed by atoms with E-state index < -0.39 is 0 Å². The number of benzene rings is 1. The highest BCUT2D eigenvalue weighted by atomic mass is 16.5. The number of fused-ring (bicyclic) bond motifs is 1. The SMILES string of the molecule is COc1cc([C@@H](c2cnc(N)nc2N)C2CC2)c2c(c1OC)OCC=C2. The summed E-state index contributed by atoms with van der Waals surface area (Å²) < 4.78 is 17.0. The second-order valence-electron chi connectivity index (χ2n) is 6.54. The average Bonchev–Trinajstić information content (AvgIpc) is 3.48. The highest BCUT2D eigenvalue weighted by molar-refractivity contribution is 5.73. The van der Waals surface area contributed by atoms with Crippen molar-refractivity contribution in [2.24, 2.45) is 5.92 Å². The lowest BCUT2D eigenvalue weighted by Gasteiger charge is -2.26. The largest absolute Gasteiger partial charge is 0.493 e. The number of nitrogens with zero attached hydrogens (tertiary/aromatic N) is 2. The molecule has 1 fully saturated rings. The molecule has 1 saturated carbocycles. The zero-order valence-electron chi connectivity index (χ0n) is 14.9. The summed E-state index contributed by atoms with van der Waals surface area (Å²) in [6, 6.07) is 2.01. The van der Waals surface area contributed by atoms with Crippen LogP contribution in [-0.2, 0) is 0 Å². The molecule has 4 rings (SSSR count). The van der Waals surface area contributed by atoms with Gasteiger partial charge in [-0.15, -0.1) is 0 Å². The first-order valence-electron chi connectivity index (χ1n) is 8.60. The second kappa shape index (κ2) is 6.40. The lowest BCUT2D eigenvalue weighted by molar-refractivity contribution is 0.303. The third-order valence-electron chi connectivity index (χ3n) is 4.93. The van der Waals surface area contributed by atoms with Gasteiger partial charge in [0.2, 0.25) is 11.7 Å². The molecule has 2 heterocycles. The molecule has 7 heteroatoms. The Balaban J connectivity index is 1.94. The standard InChI is InChI=1S/C19H22N4O3/c1-24-14-8-12(11-4-3-7-26-16(11)17(14)25-2)15(10-5-6-10)13-9-22-19(21)23-18(13)20/h3-4,8-10,15H,5-7H2,1-2H3,(H4,20,21,22,23)/t15-/m0/s1. The predicted molar refractivity (Wildman–Crippen MR) is 99.5 cm³/mol. The molecule has 1 aromatic heterocycles. The van der Waals surface area contributed by atoms with Gasteiger partial charge in [-0.25, -0.2) is 4.98 Å². The Morgan fingerprint density at radius 3 is 2.65 bits per heavy atom. The molecule has 26 heavy (non-hydrogen) atoms. The Bertz CT molecular complexity index is 878. The summed E-state index contributed by atoms with van der Waals surface area (Å²) in [5.74, 6) is 3.06. The molecule has 136 valence electrons. The van der Waals surface area contributed by atoms with Crippen LogP contribution in [-0.4, -0.2) is 30.8 Å². The molecule has 1 aromatic carbocycles. The van der Waals surface area contributed by atoms with Gasteiger partial charge in [0.15, 0.2) is 11.5 Å². The monoisotopic (exact) mass is 354 g/mol. The van der Waals surface area contributed by atoms with Crippen LogP contribution in [0.2, 0.25) is 0 Å². The van der Waals surface area contributed by atoms with E-state index in [0.717, 1.165) is 29.5 Å². The van der Waals surface area contributed by atoms with Gasteiger partial charge in [-0.2, -0.15) is 4.98 Å². The number of anilines is 2. The number of aromatic nitrogens is 2. The quantitative estimate of drug-likeness (QED) is 0.850. The zero-order valence-corrected chi connectivity index (χ0v) is 14.9. The number of nitrogens with two attached hydrogens (primary N) is 2. The first kappa shape index (κ1) is 16.5. The summed E-state index contributed by atoms with van der Waals surface area (Å²) in [6.45, 7) is 0.497. The van der Waals surface area contributed by atoms with E-state index in [2.05, 4.69) is 16.0 Å².